The number of aliphatic imine (C=N–C) groups is 1. The molecule has 2 atom stereocenters. The summed E-state index contributed by atoms with van der Waals surface area (Å²) in [7, 11) is 0. The minimum Gasteiger partial charge on any atom is -0.312 e. The number of rotatable bonds is 4. The quantitative estimate of drug-likeness (QED) is 0.727. The molecule has 3 heterocycles. The summed E-state index contributed by atoms with van der Waals surface area (Å²) in [6.07, 6.45) is 9.56. The van der Waals surface area contributed by atoms with E-state index in [-0.39, 0.29) is 11.7 Å². The first-order valence-corrected chi connectivity index (χ1v) is 11.4. The SMILES string of the molecule is C#Cc1cccc(N2C=NC3=C(SC(N)N3c3ccc(CN4CCCC4)cc3)C2N)c1. The van der Waals surface area contributed by atoms with Crippen molar-refractivity contribution >= 4 is 29.5 Å². The number of hydrogen-bond donors (Lipinski definition) is 2. The van der Waals surface area contributed by atoms with Crippen LogP contribution >= 0.6 is 11.8 Å². The molecule has 0 aromatic heterocycles. The van der Waals surface area contributed by atoms with E-state index in [4.69, 9.17) is 22.9 Å². The van der Waals surface area contributed by atoms with E-state index in [0.717, 1.165) is 34.2 Å². The fraction of sp³-hybridized carbons (Fsp3) is 0.292. The summed E-state index contributed by atoms with van der Waals surface area (Å²) in [6, 6.07) is 16.4. The summed E-state index contributed by atoms with van der Waals surface area (Å²) in [4.78, 5) is 12.2. The van der Waals surface area contributed by atoms with Crippen molar-refractivity contribution in [3.8, 4) is 12.3 Å². The van der Waals surface area contributed by atoms with Gasteiger partial charge in [-0.25, -0.2) is 4.99 Å². The molecule has 0 saturated carbocycles. The van der Waals surface area contributed by atoms with E-state index in [1.807, 2.05) is 29.2 Å². The highest BCUT2D eigenvalue weighted by atomic mass is 32.2. The molecule has 1 fully saturated rings. The van der Waals surface area contributed by atoms with E-state index in [1.54, 1.807) is 18.1 Å². The van der Waals surface area contributed by atoms with Gasteiger partial charge in [0.25, 0.3) is 0 Å². The predicted molar refractivity (Wildman–Crippen MR) is 129 cm³/mol. The minimum absolute atomic E-state index is 0.269. The molecule has 4 N–H and O–H groups in total. The van der Waals surface area contributed by atoms with E-state index in [0.29, 0.717) is 0 Å². The highest BCUT2D eigenvalue weighted by Crippen LogP contribution is 2.43. The number of nitrogens with zero attached hydrogens (tertiary/aromatic N) is 4. The molecule has 2 aromatic rings. The molecule has 31 heavy (non-hydrogen) atoms. The Balaban J connectivity index is 1.37. The maximum atomic E-state index is 6.62. The van der Waals surface area contributed by atoms with E-state index in [1.165, 1.54) is 31.5 Å². The van der Waals surface area contributed by atoms with Crippen LogP contribution < -0.4 is 21.3 Å². The fourth-order valence-electron chi connectivity index (χ4n) is 4.33. The molecule has 0 aliphatic carbocycles. The van der Waals surface area contributed by atoms with Gasteiger partial charge in [-0.3, -0.25) is 9.80 Å². The highest BCUT2D eigenvalue weighted by molar-refractivity contribution is 8.04. The Kier molecular flexibility index (Phi) is 5.47. The minimum atomic E-state index is -0.365. The lowest BCUT2D eigenvalue weighted by molar-refractivity contribution is 0.331. The first-order chi connectivity index (χ1) is 15.1. The summed E-state index contributed by atoms with van der Waals surface area (Å²) in [5, 5.41) is 0. The Hall–Kier alpha value is -2.76. The van der Waals surface area contributed by atoms with Crippen LogP contribution in [0.2, 0.25) is 0 Å². The van der Waals surface area contributed by atoms with Gasteiger partial charge in [-0.1, -0.05) is 35.9 Å². The number of likely N-dealkylation sites (tertiary alicyclic amines) is 1. The van der Waals surface area contributed by atoms with Crippen LogP contribution in [0.4, 0.5) is 11.4 Å². The van der Waals surface area contributed by atoms with Crippen LogP contribution in [0.3, 0.4) is 0 Å². The van der Waals surface area contributed by atoms with Crippen molar-refractivity contribution in [2.75, 3.05) is 22.9 Å². The molecule has 2 unspecified atom stereocenters. The van der Waals surface area contributed by atoms with E-state index in [2.05, 4.69) is 40.0 Å². The standard InChI is InChI=1S/C24H26N6S/c1-2-17-6-5-7-20(14-17)29-16-27-23-21(22(29)25)31-24(26)30(23)19-10-8-18(9-11-19)15-28-12-3-4-13-28/h1,5-11,14,16,22,24H,3-4,12-13,15,25-26H2. The smallest absolute Gasteiger partial charge is 0.150 e. The zero-order valence-electron chi connectivity index (χ0n) is 17.3. The molecule has 1 saturated heterocycles. The summed E-state index contributed by atoms with van der Waals surface area (Å²) in [5.41, 5.74) is 16.9. The lowest BCUT2D eigenvalue weighted by atomic mass is 10.1. The topological polar surface area (TPSA) is 74.1 Å². The van der Waals surface area contributed by atoms with Gasteiger partial charge >= 0.3 is 0 Å². The first-order valence-electron chi connectivity index (χ1n) is 10.6. The summed E-state index contributed by atoms with van der Waals surface area (Å²) >= 11 is 1.55. The Morgan fingerprint density at radius 2 is 1.84 bits per heavy atom. The zero-order valence-corrected chi connectivity index (χ0v) is 18.1. The Morgan fingerprint density at radius 1 is 1.06 bits per heavy atom. The highest BCUT2D eigenvalue weighted by Gasteiger charge is 2.38. The number of anilines is 2. The number of nitrogens with two attached hydrogens (primary N) is 2. The normalized spacial score (nSPS) is 23.4. The molecule has 0 radical (unpaired) electrons. The molecule has 3 aliphatic rings. The van der Waals surface area contributed by atoms with Crippen molar-refractivity contribution in [1.82, 2.24) is 4.90 Å². The Morgan fingerprint density at radius 3 is 2.58 bits per heavy atom. The molecular weight excluding hydrogens is 404 g/mol. The van der Waals surface area contributed by atoms with E-state index >= 15 is 0 Å². The molecule has 2 aromatic carbocycles. The van der Waals surface area contributed by atoms with E-state index < -0.39 is 0 Å². The molecule has 6 nitrogen and oxygen atoms in total. The molecule has 7 heteroatoms. The van der Waals surface area contributed by atoms with Crippen LogP contribution in [-0.4, -0.2) is 36.0 Å². The summed E-state index contributed by atoms with van der Waals surface area (Å²) < 4.78 is 0. The third-order valence-electron chi connectivity index (χ3n) is 5.95. The molecule has 0 amide bonds. The largest absolute Gasteiger partial charge is 0.312 e. The predicted octanol–water partition coefficient (Wildman–Crippen LogP) is 3.06. The van der Waals surface area contributed by atoms with Crippen LogP contribution in [-0.2, 0) is 6.54 Å². The van der Waals surface area contributed by atoms with Crippen LogP contribution in [0.5, 0.6) is 0 Å². The van der Waals surface area contributed by atoms with Gasteiger partial charge in [-0.2, -0.15) is 0 Å². The van der Waals surface area contributed by atoms with Gasteiger partial charge in [0.1, 0.15) is 17.5 Å². The molecular formula is C24H26N6S. The van der Waals surface area contributed by atoms with Gasteiger partial charge in [-0.05, 0) is 61.8 Å². The monoisotopic (exact) mass is 430 g/mol. The third-order valence-corrected chi connectivity index (χ3v) is 7.08. The number of thioether (sulfide) groups is 1. The molecule has 3 aliphatic heterocycles. The van der Waals surface area contributed by atoms with Crippen molar-refractivity contribution in [1.29, 1.82) is 0 Å². The van der Waals surface area contributed by atoms with E-state index in [9.17, 15) is 0 Å². The van der Waals surface area contributed by atoms with Crippen LogP contribution in [0.25, 0.3) is 0 Å². The van der Waals surface area contributed by atoms with Crippen molar-refractivity contribution in [2.24, 2.45) is 16.5 Å². The van der Waals surface area contributed by atoms with Crippen molar-refractivity contribution in [2.45, 2.75) is 31.0 Å². The second-order valence-corrected chi connectivity index (χ2v) is 9.17. The fourth-order valence-corrected chi connectivity index (χ4v) is 5.43. The van der Waals surface area contributed by atoms with Crippen molar-refractivity contribution in [3.63, 3.8) is 0 Å². The van der Waals surface area contributed by atoms with Gasteiger partial charge in [-0.15, -0.1) is 6.42 Å². The molecule has 158 valence electrons. The van der Waals surface area contributed by atoms with Crippen LogP contribution in [0, 0.1) is 12.3 Å². The summed E-state index contributed by atoms with van der Waals surface area (Å²) in [6.45, 7) is 3.39. The Bertz CT molecular complexity index is 1060. The second kappa shape index (κ2) is 8.40. The molecule has 5 rings (SSSR count). The second-order valence-electron chi connectivity index (χ2n) is 8.01. The van der Waals surface area contributed by atoms with Crippen molar-refractivity contribution < 1.29 is 0 Å². The number of benzene rings is 2. The summed E-state index contributed by atoms with van der Waals surface area (Å²) in [5.74, 6) is 3.49. The average molecular weight is 431 g/mol. The zero-order chi connectivity index (χ0) is 21.4. The van der Waals surface area contributed by atoms with Gasteiger partial charge in [0, 0.05) is 23.5 Å². The maximum Gasteiger partial charge on any atom is 0.150 e. The third kappa shape index (κ3) is 3.84. The van der Waals surface area contributed by atoms with Crippen molar-refractivity contribution in [3.05, 3.63) is 70.4 Å². The van der Waals surface area contributed by atoms with Gasteiger partial charge in [0.2, 0.25) is 0 Å². The Labute approximate surface area is 187 Å². The first kappa shape index (κ1) is 20.2. The molecule has 0 bridgehead atoms. The van der Waals surface area contributed by atoms with Crippen LogP contribution in [0.15, 0.2) is 64.2 Å². The van der Waals surface area contributed by atoms with Gasteiger partial charge < -0.3 is 16.4 Å². The molecule has 0 spiro atoms. The number of hydrogen-bond acceptors (Lipinski definition) is 7. The van der Waals surface area contributed by atoms with Gasteiger partial charge in [0.05, 0.1) is 11.2 Å². The average Bonchev–Trinajstić information content (AvgIpc) is 3.42. The van der Waals surface area contributed by atoms with Crippen LogP contribution in [0.1, 0.15) is 24.0 Å². The lowest BCUT2D eigenvalue weighted by Gasteiger charge is -2.31. The maximum absolute atomic E-state index is 6.62. The number of terminal acetylenes is 1. The lowest BCUT2D eigenvalue weighted by Crippen LogP contribution is -2.44. The van der Waals surface area contributed by atoms with Gasteiger partial charge in [0.15, 0.2) is 0 Å².